The van der Waals surface area contributed by atoms with Crippen molar-refractivity contribution in [2.75, 3.05) is 5.32 Å². The van der Waals surface area contributed by atoms with Crippen molar-refractivity contribution in [3.05, 3.63) is 5.01 Å². The van der Waals surface area contributed by atoms with Crippen LogP contribution in [-0.4, -0.2) is 21.9 Å². The quantitative estimate of drug-likeness (QED) is 0.898. The second kappa shape index (κ2) is 5.65. The summed E-state index contributed by atoms with van der Waals surface area (Å²) in [6.07, 6.45) is 7.95. The lowest BCUT2D eigenvalue weighted by atomic mass is 9.49. The van der Waals surface area contributed by atoms with E-state index < -0.39 is 0 Å². The summed E-state index contributed by atoms with van der Waals surface area (Å²) in [5.41, 5.74) is -0.167. The molecule has 4 saturated carbocycles. The first-order valence-electron chi connectivity index (χ1n) is 8.72. The van der Waals surface area contributed by atoms with Gasteiger partial charge in [0, 0.05) is 6.42 Å². The highest BCUT2D eigenvalue weighted by Gasteiger charge is 2.54. The molecule has 0 aromatic carbocycles. The molecular weight excluding hydrogens is 310 g/mol. The van der Waals surface area contributed by atoms with Crippen molar-refractivity contribution in [3.8, 4) is 0 Å². The molecule has 124 valence electrons. The van der Waals surface area contributed by atoms with Crippen molar-refractivity contribution in [3.63, 3.8) is 0 Å². The lowest BCUT2D eigenvalue weighted by Gasteiger charge is -2.55. The number of hydrogen-bond donors (Lipinski definition) is 1. The summed E-state index contributed by atoms with van der Waals surface area (Å²) >= 11 is 1.33. The van der Waals surface area contributed by atoms with E-state index in [4.69, 9.17) is 0 Å². The highest BCUT2D eigenvalue weighted by Crippen LogP contribution is 2.60. The number of Topliss-reactive ketones (excluding diaryl/α,β-unsaturated/α-hetero) is 1. The van der Waals surface area contributed by atoms with Crippen LogP contribution in [0.2, 0.25) is 0 Å². The molecule has 0 spiro atoms. The molecule has 1 N–H and O–H groups in total. The number of nitrogens with zero attached hydrogens (tertiary/aromatic N) is 2. The van der Waals surface area contributed by atoms with E-state index in [9.17, 15) is 9.59 Å². The van der Waals surface area contributed by atoms with Gasteiger partial charge >= 0.3 is 0 Å². The van der Waals surface area contributed by atoms with Crippen molar-refractivity contribution >= 4 is 28.2 Å². The van der Waals surface area contributed by atoms with Gasteiger partial charge < -0.3 is 5.32 Å². The standard InChI is InChI=1S/C17H23N3O2S/c1-2-13(21)6-14-19-20-16(23-14)18-15(22)17-7-10-3-11(8-17)5-12(4-10)9-17/h10-12H,2-9H2,1H3,(H,18,20,22). The van der Waals surface area contributed by atoms with E-state index >= 15 is 0 Å². The lowest BCUT2D eigenvalue weighted by molar-refractivity contribution is -0.140. The minimum Gasteiger partial charge on any atom is -0.300 e. The van der Waals surface area contributed by atoms with Crippen molar-refractivity contribution < 1.29 is 9.59 Å². The maximum absolute atomic E-state index is 12.9. The molecule has 1 aromatic rings. The van der Waals surface area contributed by atoms with E-state index in [0.29, 0.717) is 23.0 Å². The Balaban J connectivity index is 1.45. The van der Waals surface area contributed by atoms with Crippen LogP contribution in [0, 0.1) is 23.2 Å². The average Bonchev–Trinajstić information content (AvgIpc) is 2.92. The molecule has 1 aromatic heterocycles. The topological polar surface area (TPSA) is 72.0 Å². The average molecular weight is 333 g/mol. The number of nitrogens with one attached hydrogen (secondary N) is 1. The summed E-state index contributed by atoms with van der Waals surface area (Å²) in [5.74, 6) is 2.54. The third-order valence-electron chi connectivity index (χ3n) is 5.95. The Bertz CT molecular complexity index is 604. The highest BCUT2D eigenvalue weighted by atomic mass is 32.1. The second-order valence-corrected chi connectivity index (χ2v) is 8.78. The van der Waals surface area contributed by atoms with Crippen LogP contribution in [0.3, 0.4) is 0 Å². The zero-order valence-corrected chi connectivity index (χ0v) is 14.3. The molecule has 0 unspecified atom stereocenters. The van der Waals surface area contributed by atoms with Crippen LogP contribution >= 0.6 is 11.3 Å². The number of anilines is 1. The summed E-state index contributed by atoms with van der Waals surface area (Å²) in [5, 5.41) is 12.3. The van der Waals surface area contributed by atoms with Crippen LogP contribution in [0.1, 0.15) is 56.9 Å². The maximum atomic E-state index is 12.9. The molecule has 0 aliphatic heterocycles. The van der Waals surface area contributed by atoms with E-state index in [1.807, 2.05) is 6.92 Å². The third kappa shape index (κ3) is 2.82. The number of carbonyl (C=O) groups is 2. The Morgan fingerprint density at radius 1 is 1.13 bits per heavy atom. The predicted molar refractivity (Wildman–Crippen MR) is 88.1 cm³/mol. The van der Waals surface area contributed by atoms with Crippen LogP contribution in [0.25, 0.3) is 0 Å². The zero-order valence-electron chi connectivity index (χ0n) is 13.5. The predicted octanol–water partition coefficient (Wildman–Crippen LogP) is 3.21. The minimum absolute atomic E-state index is 0.140. The van der Waals surface area contributed by atoms with Gasteiger partial charge in [-0.25, -0.2) is 0 Å². The minimum atomic E-state index is -0.167. The molecular formula is C17H23N3O2S. The van der Waals surface area contributed by atoms with Gasteiger partial charge in [-0.2, -0.15) is 0 Å². The number of amides is 1. The van der Waals surface area contributed by atoms with Gasteiger partial charge in [-0.3, -0.25) is 9.59 Å². The number of aromatic nitrogens is 2. The molecule has 0 atom stereocenters. The van der Waals surface area contributed by atoms with Crippen molar-refractivity contribution in [1.82, 2.24) is 10.2 Å². The van der Waals surface area contributed by atoms with Gasteiger partial charge in [0.2, 0.25) is 11.0 Å². The Kier molecular flexibility index (Phi) is 3.75. The largest absolute Gasteiger partial charge is 0.300 e. The zero-order chi connectivity index (χ0) is 16.0. The van der Waals surface area contributed by atoms with E-state index in [1.165, 1.54) is 30.6 Å². The van der Waals surface area contributed by atoms with Gasteiger partial charge in [0.25, 0.3) is 0 Å². The second-order valence-electron chi connectivity index (χ2n) is 7.72. The van der Waals surface area contributed by atoms with Crippen LogP contribution in [0.5, 0.6) is 0 Å². The van der Waals surface area contributed by atoms with Crippen LogP contribution in [0.15, 0.2) is 0 Å². The van der Waals surface area contributed by atoms with Gasteiger partial charge in [0.15, 0.2) is 0 Å². The molecule has 0 radical (unpaired) electrons. The summed E-state index contributed by atoms with van der Waals surface area (Å²) < 4.78 is 0. The molecule has 4 bridgehead atoms. The van der Waals surface area contributed by atoms with Crippen molar-refractivity contribution in [2.24, 2.45) is 23.2 Å². The molecule has 4 fully saturated rings. The smallest absolute Gasteiger partial charge is 0.232 e. The fraction of sp³-hybridized carbons (Fsp3) is 0.765. The SMILES string of the molecule is CCC(=O)Cc1nnc(NC(=O)C23CC4CC(CC(C4)C2)C3)s1. The third-order valence-corrected chi connectivity index (χ3v) is 6.79. The molecule has 6 heteroatoms. The van der Waals surface area contributed by atoms with E-state index in [0.717, 1.165) is 37.0 Å². The number of hydrogen-bond acceptors (Lipinski definition) is 5. The first-order valence-corrected chi connectivity index (χ1v) is 9.53. The van der Waals surface area contributed by atoms with Gasteiger partial charge in [-0.05, 0) is 56.3 Å². The molecule has 1 amide bonds. The molecule has 0 saturated heterocycles. The van der Waals surface area contributed by atoms with Crippen LogP contribution < -0.4 is 5.32 Å². The van der Waals surface area contributed by atoms with Crippen LogP contribution in [-0.2, 0) is 16.0 Å². The normalized spacial score (nSPS) is 34.6. The fourth-order valence-corrected chi connectivity index (χ4v) is 6.05. The molecule has 4 aliphatic carbocycles. The Labute approximate surface area is 140 Å². The number of carbonyl (C=O) groups excluding carboxylic acids is 2. The molecule has 23 heavy (non-hydrogen) atoms. The fourth-order valence-electron chi connectivity index (χ4n) is 5.29. The Morgan fingerprint density at radius 3 is 2.30 bits per heavy atom. The summed E-state index contributed by atoms with van der Waals surface area (Å²) in [7, 11) is 0. The molecule has 1 heterocycles. The van der Waals surface area contributed by atoms with Crippen molar-refractivity contribution in [1.29, 1.82) is 0 Å². The van der Waals surface area contributed by atoms with Crippen molar-refractivity contribution in [2.45, 2.75) is 58.3 Å². The lowest BCUT2D eigenvalue weighted by Crippen LogP contribution is -2.51. The molecule has 4 aliphatic rings. The first-order chi connectivity index (χ1) is 11.1. The molecule has 5 nitrogen and oxygen atoms in total. The summed E-state index contributed by atoms with van der Waals surface area (Å²) in [4.78, 5) is 24.4. The highest BCUT2D eigenvalue weighted by molar-refractivity contribution is 7.15. The van der Waals surface area contributed by atoms with Gasteiger partial charge in [0.05, 0.1) is 11.8 Å². The monoisotopic (exact) mass is 333 g/mol. The van der Waals surface area contributed by atoms with Gasteiger partial charge in [-0.1, -0.05) is 18.3 Å². The summed E-state index contributed by atoms with van der Waals surface area (Å²) in [6.45, 7) is 1.85. The Morgan fingerprint density at radius 2 is 1.74 bits per heavy atom. The van der Waals surface area contributed by atoms with E-state index in [-0.39, 0.29) is 17.1 Å². The van der Waals surface area contributed by atoms with Crippen LogP contribution in [0.4, 0.5) is 5.13 Å². The maximum Gasteiger partial charge on any atom is 0.232 e. The Hall–Kier alpha value is -1.30. The molecule has 5 rings (SSSR count). The number of ketones is 1. The number of rotatable bonds is 5. The van der Waals surface area contributed by atoms with E-state index in [2.05, 4.69) is 15.5 Å². The van der Waals surface area contributed by atoms with Gasteiger partial charge in [-0.15, -0.1) is 10.2 Å². The summed E-state index contributed by atoms with van der Waals surface area (Å²) in [6, 6.07) is 0. The van der Waals surface area contributed by atoms with E-state index in [1.54, 1.807) is 0 Å². The first kappa shape index (κ1) is 15.2. The van der Waals surface area contributed by atoms with Gasteiger partial charge in [0.1, 0.15) is 10.8 Å².